The van der Waals surface area contributed by atoms with Crippen LogP contribution in [-0.2, 0) is 0 Å². The third-order valence-corrected chi connectivity index (χ3v) is 5.12. The average molecular weight is 379 g/mol. The maximum Gasteiger partial charge on any atom is 0.287 e. The van der Waals surface area contributed by atoms with Crippen molar-refractivity contribution in [1.82, 2.24) is 14.9 Å². The number of fused-ring (bicyclic) bond motifs is 1. The second kappa shape index (κ2) is 7.40. The summed E-state index contributed by atoms with van der Waals surface area (Å²) < 4.78 is 0. The molecule has 1 atom stereocenters. The number of nitro groups is 1. The van der Waals surface area contributed by atoms with Crippen molar-refractivity contribution in [2.24, 2.45) is 0 Å². The van der Waals surface area contributed by atoms with E-state index in [1.165, 1.54) is 12.3 Å². The molecule has 2 aromatic heterocycles. The molecule has 1 aliphatic heterocycles. The lowest BCUT2D eigenvalue weighted by Crippen LogP contribution is -2.31. The van der Waals surface area contributed by atoms with Gasteiger partial charge in [-0.25, -0.2) is 4.98 Å². The number of carbonyl (C=O) groups is 1. The maximum atomic E-state index is 12.9. The summed E-state index contributed by atoms with van der Waals surface area (Å²) in [5.41, 5.74) is 2.62. The molecule has 28 heavy (non-hydrogen) atoms. The number of aromatic amines is 1. The fraction of sp³-hybridized carbons (Fsp3) is 0.300. The van der Waals surface area contributed by atoms with Crippen molar-refractivity contribution in [3.63, 3.8) is 0 Å². The van der Waals surface area contributed by atoms with Crippen LogP contribution in [-0.4, -0.2) is 51.3 Å². The molecule has 0 radical (unpaired) electrons. The summed E-state index contributed by atoms with van der Waals surface area (Å²) in [6, 6.07) is 11.1. The van der Waals surface area contributed by atoms with Crippen molar-refractivity contribution in [2.45, 2.75) is 19.4 Å². The van der Waals surface area contributed by atoms with Gasteiger partial charge in [-0.15, -0.1) is 0 Å². The normalized spacial score (nSPS) is 17.1. The van der Waals surface area contributed by atoms with Crippen molar-refractivity contribution in [1.29, 1.82) is 0 Å². The Bertz CT molecular complexity index is 1030. The number of aryl methyl sites for hydroxylation is 1. The SMILES string of the molecule is Cc1[nH]c2ccccc2c1C(=O)CN1CCC(Nc2ccc([N+](=O)[O-])cn2)C1. The standard InChI is InChI=1S/C20H21N5O3/c1-13-20(16-4-2-3-5-17(16)22-13)18(26)12-24-9-8-14(11-24)23-19-7-6-15(10-21-19)25(27)28/h2-7,10,14,22H,8-9,11-12H2,1H3,(H,21,23). The molecule has 1 aliphatic rings. The Balaban J connectivity index is 1.38. The minimum absolute atomic E-state index is 0.0294. The van der Waals surface area contributed by atoms with Crippen molar-refractivity contribution in [3.05, 3.63) is 64.0 Å². The second-order valence-corrected chi connectivity index (χ2v) is 7.12. The molecular weight excluding hydrogens is 358 g/mol. The molecule has 2 N–H and O–H groups in total. The van der Waals surface area contributed by atoms with Gasteiger partial charge in [0.25, 0.3) is 5.69 Å². The molecule has 1 unspecified atom stereocenters. The fourth-order valence-corrected chi connectivity index (χ4v) is 3.80. The van der Waals surface area contributed by atoms with Gasteiger partial charge in [0.15, 0.2) is 5.78 Å². The zero-order valence-electron chi connectivity index (χ0n) is 15.5. The number of para-hydroxylation sites is 1. The number of nitrogens with one attached hydrogen (secondary N) is 2. The Morgan fingerprint density at radius 2 is 2.18 bits per heavy atom. The number of hydrogen-bond acceptors (Lipinski definition) is 6. The number of rotatable bonds is 6. The van der Waals surface area contributed by atoms with Crippen LogP contribution in [0.5, 0.6) is 0 Å². The van der Waals surface area contributed by atoms with E-state index in [2.05, 4.69) is 20.2 Å². The number of H-pyrrole nitrogens is 1. The first kappa shape index (κ1) is 18.1. The first-order valence-electron chi connectivity index (χ1n) is 9.21. The van der Waals surface area contributed by atoms with Crippen LogP contribution < -0.4 is 5.32 Å². The van der Waals surface area contributed by atoms with Gasteiger partial charge in [0.1, 0.15) is 12.0 Å². The number of ketones is 1. The lowest BCUT2D eigenvalue weighted by molar-refractivity contribution is -0.385. The van der Waals surface area contributed by atoms with Gasteiger partial charge in [0, 0.05) is 47.4 Å². The Labute approximate surface area is 161 Å². The van der Waals surface area contributed by atoms with Gasteiger partial charge >= 0.3 is 0 Å². The van der Waals surface area contributed by atoms with E-state index < -0.39 is 4.92 Å². The Morgan fingerprint density at radius 3 is 2.93 bits per heavy atom. The molecule has 144 valence electrons. The van der Waals surface area contributed by atoms with Gasteiger partial charge in [-0.05, 0) is 25.5 Å². The summed E-state index contributed by atoms with van der Waals surface area (Å²) >= 11 is 0. The molecule has 3 heterocycles. The number of anilines is 1. The highest BCUT2D eigenvalue weighted by Crippen LogP contribution is 2.23. The van der Waals surface area contributed by atoms with Gasteiger partial charge in [0.05, 0.1) is 11.5 Å². The highest BCUT2D eigenvalue weighted by atomic mass is 16.6. The minimum atomic E-state index is -0.466. The van der Waals surface area contributed by atoms with Gasteiger partial charge in [-0.1, -0.05) is 18.2 Å². The molecule has 8 heteroatoms. The van der Waals surface area contributed by atoms with Crippen LogP contribution in [0.25, 0.3) is 10.9 Å². The van der Waals surface area contributed by atoms with Crippen molar-refractivity contribution in [2.75, 3.05) is 25.0 Å². The van der Waals surface area contributed by atoms with E-state index in [0.717, 1.165) is 41.7 Å². The molecule has 8 nitrogen and oxygen atoms in total. The van der Waals surface area contributed by atoms with Crippen LogP contribution in [0.3, 0.4) is 0 Å². The van der Waals surface area contributed by atoms with E-state index in [4.69, 9.17) is 0 Å². The second-order valence-electron chi connectivity index (χ2n) is 7.12. The first-order chi connectivity index (χ1) is 13.5. The van der Waals surface area contributed by atoms with E-state index in [9.17, 15) is 14.9 Å². The molecule has 0 aliphatic carbocycles. The average Bonchev–Trinajstić information content (AvgIpc) is 3.24. The van der Waals surface area contributed by atoms with Gasteiger partial charge < -0.3 is 10.3 Å². The summed E-state index contributed by atoms with van der Waals surface area (Å²) in [5, 5.41) is 15.0. The van der Waals surface area contributed by atoms with Crippen LogP contribution >= 0.6 is 0 Å². The van der Waals surface area contributed by atoms with E-state index in [0.29, 0.717) is 12.4 Å². The molecule has 1 saturated heterocycles. The summed E-state index contributed by atoms with van der Waals surface area (Å²) in [4.78, 5) is 32.7. The van der Waals surface area contributed by atoms with Gasteiger partial charge in [0.2, 0.25) is 0 Å². The van der Waals surface area contributed by atoms with Crippen molar-refractivity contribution in [3.8, 4) is 0 Å². The lowest BCUT2D eigenvalue weighted by atomic mass is 10.1. The molecule has 0 spiro atoms. The minimum Gasteiger partial charge on any atom is -0.366 e. The summed E-state index contributed by atoms with van der Waals surface area (Å²) in [6.07, 6.45) is 2.14. The number of hydrogen-bond donors (Lipinski definition) is 2. The molecule has 4 rings (SSSR count). The molecule has 1 aromatic carbocycles. The maximum absolute atomic E-state index is 12.9. The van der Waals surface area contributed by atoms with Crippen LogP contribution in [0.2, 0.25) is 0 Å². The predicted octanol–water partition coefficient (Wildman–Crippen LogP) is 3.15. The van der Waals surface area contributed by atoms with Crippen molar-refractivity contribution < 1.29 is 9.72 Å². The topological polar surface area (TPSA) is 104 Å². The van der Waals surface area contributed by atoms with Crippen LogP contribution in [0.15, 0.2) is 42.6 Å². The van der Waals surface area contributed by atoms with Crippen molar-refractivity contribution >= 4 is 28.2 Å². The number of carbonyl (C=O) groups excluding carboxylic acids is 1. The van der Waals surface area contributed by atoms with E-state index in [1.54, 1.807) is 6.07 Å². The molecule has 0 amide bonds. The molecular formula is C20H21N5O3. The molecule has 3 aromatic rings. The largest absolute Gasteiger partial charge is 0.366 e. The number of benzene rings is 1. The van der Waals surface area contributed by atoms with Gasteiger partial charge in [-0.2, -0.15) is 0 Å². The smallest absolute Gasteiger partial charge is 0.287 e. The van der Waals surface area contributed by atoms with Crippen LogP contribution in [0, 0.1) is 17.0 Å². The van der Waals surface area contributed by atoms with Crippen LogP contribution in [0.4, 0.5) is 11.5 Å². The third-order valence-electron chi connectivity index (χ3n) is 5.12. The van der Waals surface area contributed by atoms with E-state index >= 15 is 0 Å². The van der Waals surface area contributed by atoms with E-state index in [-0.39, 0.29) is 17.5 Å². The zero-order chi connectivity index (χ0) is 19.7. The summed E-state index contributed by atoms with van der Waals surface area (Å²) in [5.74, 6) is 0.723. The summed E-state index contributed by atoms with van der Waals surface area (Å²) in [6.45, 7) is 3.85. The predicted molar refractivity (Wildman–Crippen MR) is 107 cm³/mol. The highest BCUT2D eigenvalue weighted by Gasteiger charge is 2.26. The Morgan fingerprint density at radius 1 is 1.36 bits per heavy atom. The van der Waals surface area contributed by atoms with Gasteiger partial charge in [-0.3, -0.25) is 19.8 Å². The zero-order valence-corrected chi connectivity index (χ0v) is 15.5. The monoisotopic (exact) mass is 379 g/mol. The fourth-order valence-electron chi connectivity index (χ4n) is 3.80. The molecule has 1 fully saturated rings. The number of nitrogens with zero attached hydrogens (tertiary/aromatic N) is 3. The number of likely N-dealkylation sites (tertiary alicyclic amines) is 1. The Kier molecular flexibility index (Phi) is 4.79. The third kappa shape index (κ3) is 3.59. The molecule has 0 bridgehead atoms. The summed E-state index contributed by atoms with van der Waals surface area (Å²) in [7, 11) is 0. The number of Topliss-reactive ketones (excluding diaryl/α,β-unsaturated/α-hetero) is 1. The number of pyridine rings is 1. The first-order valence-corrected chi connectivity index (χ1v) is 9.21. The number of aromatic nitrogens is 2. The Hall–Kier alpha value is -3.26. The molecule has 0 saturated carbocycles. The highest BCUT2D eigenvalue weighted by molar-refractivity contribution is 6.10. The van der Waals surface area contributed by atoms with E-state index in [1.807, 2.05) is 31.2 Å². The lowest BCUT2D eigenvalue weighted by Gasteiger charge is -2.16. The van der Waals surface area contributed by atoms with Crippen LogP contribution in [0.1, 0.15) is 22.5 Å². The quantitative estimate of drug-likeness (QED) is 0.387.